The van der Waals surface area contributed by atoms with Gasteiger partial charge in [0.25, 0.3) is 0 Å². The van der Waals surface area contributed by atoms with E-state index in [9.17, 15) is 0 Å². The molecule has 0 radical (unpaired) electrons. The Morgan fingerprint density at radius 3 is 3.08 bits per heavy atom. The first-order valence-electron chi connectivity index (χ1n) is 8.64. The maximum absolute atomic E-state index is 5.69. The maximum Gasteiger partial charge on any atom is 0.191 e. The van der Waals surface area contributed by atoms with Crippen molar-refractivity contribution in [3.63, 3.8) is 0 Å². The van der Waals surface area contributed by atoms with Gasteiger partial charge in [-0.1, -0.05) is 6.07 Å². The second kappa shape index (κ2) is 10.7. The largest absolute Gasteiger partial charge is 0.383 e. The first-order chi connectivity index (χ1) is 11.7. The molecule has 0 saturated carbocycles. The molecule has 1 saturated heterocycles. The minimum Gasteiger partial charge on any atom is -0.383 e. The van der Waals surface area contributed by atoms with Crippen LogP contribution >= 0.6 is 11.3 Å². The van der Waals surface area contributed by atoms with E-state index < -0.39 is 0 Å². The Balaban J connectivity index is 2.04. The van der Waals surface area contributed by atoms with Crippen LogP contribution in [0.25, 0.3) is 0 Å². The van der Waals surface area contributed by atoms with Gasteiger partial charge in [0.2, 0.25) is 0 Å². The Hall–Kier alpha value is -1.15. The molecule has 6 nitrogen and oxygen atoms in total. The highest BCUT2D eigenvalue weighted by atomic mass is 32.1. The molecule has 0 bridgehead atoms. The molecule has 2 heterocycles. The second-order valence-electron chi connectivity index (χ2n) is 5.85. The molecule has 2 N–H and O–H groups in total. The van der Waals surface area contributed by atoms with Crippen LogP contribution in [-0.2, 0) is 9.47 Å². The van der Waals surface area contributed by atoms with E-state index in [0.29, 0.717) is 12.6 Å². The predicted octanol–water partition coefficient (Wildman–Crippen LogP) is 1.71. The zero-order chi connectivity index (χ0) is 17.2. The molecule has 1 aromatic heterocycles. The van der Waals surface area contributed by atoms with Gasteiger partial charge in [0.1, 0.15) is 0 Å². The van der Waals surface area contributed by atoms with Crippen LogP contribution < -0.4 is 10.6 Å². The third kappa shape index (κ3) is 6.05. The van der Waals surface area contributed by atoms with Gasteiger partial charge in [0, 0.05) is 38.2 Å². The lowest BCUT2D eigenvalue weighted by molar-refractivity contribution is -0.0327. The lowest BCUT2D eigenvalue weighted by Crippen LogP contribution is -2.44. The van der Waals surface area contributed by atoms with Crippen LogP contribution in [0.4, 0.5) is 0 Å². The summed E-state index contributed by atoms with van der Waals surface area (Å²) in [5.74, 6) is 0.845. The summed E-state index contributed by atoms with van der Waals surface area (Å²) in [6, 6.07) is 4.62. The van der Waals surface area contributed by atoms with Crippen molar-refractivity contribution in [2.75, 3.05) is 53.0 Å². The molecule has 2 rings (SSSR count). The van der Waals surface area contributed by atoms with Gasteiger partial charge in [-0.15, -0.1) is 11.3 Å². The summed E-state index contributed by atoms with van der Waals surface area (Å²) in [6.45, 7) is 9.90. The van der Waals surface area contributed by atoms with Gasteiger partial charge in [0.15, 0.2) is 5.96 Å². The van der Waals surface area contributed by atoms with Crippen LogP contribution in [-0.4, -0.2) is 70.0 Å². The lowest BCUT2D eigenvalue weighted by Gasteiger charge is -2.36. The van der Waals surface area contributed by atoms with Crippen molar-refractivity contribution in [1.29, 1.82) is 0 Å². The van der Waals surface area contributed by atoms with E-state index in [4.69, 9.17) is 14.5 Å². The summed E-state index contributed by atoms with van der Waals surface area (Å²) in [5.41, 5.74) is 0. The molecule has 136 valence electrons. The van der Waals surface area contributed by atoms with Crippen molar-refractivity contribution in [1.82, 2.24) is 15.5 Å². The molecule has 0 aromatic carbocycles. The highest BCUT2D eigenvalue weighted by Crippen LogP contribution is 2.27. The normalized spacial score (nSPS) is 20.8. The molecule has 24 heavy (non-hydrogen) atoms. The zero-order valence-electron chi connectivity index (χ0n) is 15.0. The minimum absolute atomic E-state index is 0.276. The molecule has 0 aliphatic carbocycles. The summed E-state index contributed by atoms with van der Waals surface area (Å²) in [4.78, 5) is 8.65. The van der Waals surface area contributed by atoms with Crippen LogP contribution in [0.3, 0.4) is 0 Å². The Labute approximate surface area is 149 Å². The Bertz CT molecular complexity index is 481. The predicted molar refractivity (Wildman–Crippen MR) is 99.9 cm³/mol. The van der Waals surface area contributed by atoms with E-state index in [2.05, 4.69) is 46.9 Å². The van der Waals surface area contributed by atoms with Gasteiger partial charge in [0.05, 0.1) is 31.9 Å². The van der Waals surface area contributed by atoms with Crippen LogP contribution in [0, 0.1) is 0 Å². The number of guanidine groups is 1. The molecule has 2 atom stereocenters. The summed E-state index contributed by atoms with van der Waals surface area (Å²) in [7, 11) is 1.71. The highest BCUT2D eigenvalue weighted by molar-refractivity contribution is 7.10. The molecule has 1 aromatic rings. The Morgan fingerprint density at radius 1 is 1.54 bits per heavy atom. The summed E-state index contributed by atoms with van der Waals surface area (Å²) in [6.07, 6.45) is 0.276. The average molecular weight is 355 g/mol. The van der Waals surface area contributed by atoms with E-state index in [-0.39, 0.29) is 6.10 Å². The van der Waals surface area contributed by atoms with Gasteiger partial charge >= 0.3 is 0 Å². The van der Waals surface area contributed by atoms with E-state index in [1.54, 1.807) is 18.4 Å². The molecule has 1 aliphatic rings. The molecule has 2 unspecified atom stereocenters. The molecule has 0 spiro atoms. The van der Waals surface area contributed by atoms with Gasteiger partial charge in [-0.3, -0.25) is 9.89 Å². The number of nitrogens with one attached hydrogen (secondary N) is 2. The van der Waals surface area contributed by atoms with Crippen LogP contribution in [0.5, 0.6) is 0 Å². The quantitative estimate of drug-likeness (QED) is 0.423. The van der Waals surface area contributed by atoms with Crippen LogP contribution in [0.1, 0.15) is 24.8 Å². The fourth-order valence-corrected chi connectivity index (χ4v) is 3.64. The second-order valence-corrected chi connectivity index (χ2v) is 6.83. The first-order valence-corrected chi connectivity index (χ1v) is 9.52. The van der Waals surface area contributed by atoms with Crippen molar-refractivity contribution >= 4 is 17.3 Å². The third-order valence-electron chi connectivity index (χ3n) is 3.95. The van der Waals surface area contributed by atoms with Crippen molar-refractivity contribution in [2.45, 2.75) is 26.0 Å². The molecule has 1 aliphatic heterocycles. The topological polar surface area (TPSA) is 58.1 Å². The SMILES string of the molecule is CCNC(=NCC(c1cccs1)N1CCOC(C)C1)NCCOC. The monoisotopic (exact) mass is 354 g/mol. The zero-order valence-corrected chi connectivity index (χ0v) is 15.8. The number of methoxy groups -OCH3 is 1. The number of aliphatic imine (C=N–C) groups is 1. The number of nitrogens with zero attached hydrogens (tertiary/aromatic N) is 2. The number of morpholine rings is 1. The number of thiophene rings is 1. The third-order valence-corrected chi connectivity index (χ3v) is 4.92. The summed E-state index contributed by atoms with van der Waals surface area (Å²) < 4.78 is 10.8. The first kappa shape index (κ1) is 19.2. The van der Waals surface area contributed by atoms with Crippen molar-refractivity contribution in [3.8, 4) is 0 Å². The Morgan fingerprint density at radius 2 is 2.42 bits per heavy atom. The lowest BCUT2D eigenvalue weighted by atomic mass is 10.1. The van der Waals surface area contributed by atoms with E-state index >= 15 is 0 Å². The van der Waals surface area contributed by atoms with Gasteiger partial charge in [-0.05, 0) is 25.3 Å². The van der Waals surface area contributed by atoms with Crippen molar-refractivity contribution < 1.29 is 9.47 Å². The summed E-state index contributed by atoms with van der Waals surface area (Å²) in [5, 5.41) is 8.74. The highest BCUT2D eigenvalue weighted by Gasteiger charge is 2.26. The number of hydrogen-bond donors (Lipinski definition) is 2. The van der Waals surface area contributed by atoms with Gasteiger partial charge in [-0.25, -0.2) is 0 Å². The fourth-order valence-electron chi connectivity index (χ4n) is 2.79. The van der Waals surface area contributed by atoms with E-state index in [1.807, 2.05) is 0 Å². The van der Waals surface area contributed by atoms with Crippen molar-refractivity contribution in [2.24, 2.45) is 4.99 Å². The Kier molecular flexibility index (Phi) is 8.52. The molecule has 0 amide bonds. The van der Waals surface area contributed by atoms with Gasteiger partial charge in [-0.2, -0.15) is 0 Å². The number of hydrogen-bond acceptors (Lipinski definition) is 5. The number of rotatable bonds is 8. The van der Waals surface area contributed by atoms with E-state index in [0.717, 1.165) is 45.3 Å². The molecular weight excluding hydrogens is 324 g/mol. The number of ether oxygens (including phenoxy) is 2. The maximum atomic E-state index is 5.69. The molecule has 7 heteroatoms. The van der Waals surface area contributed by atoms with Crippen LogP contribution in [0.2, 0.25) is 0 Å². The summed E-state index contributed by atoms with van der Waals surface area (Å²) >= 11 is 1.80. The minimum atomic E-state index is 0.276. The molecular formula is C17H30N4O2S. The smallest absolute Gasteiger partial charge is 0.191 e. The fraction of sp³-hybridized carbons (Fsp3) is 0.706. The van der Waals surface area contributed by atoms with Crippen molar-refractivity contribution in [3.05, 3.63) is 22.4 Å². The standard InChI is InChI=1S/C17H30N4O2S/c1-4-18-17(19-7-9-22-3)20-12-15(16-6-5-11-24-16)21-8-10-23-14(2)13-21/h5-6,11,14-15H,4,7-10,12-13H2,1-3H3,(H2,18,19,20). The van der Waals surface area contributed by atoms with E-state index in [1.165, 1.54) is 4.88 Å². The molecule has 1 fully saturated rings. The average Bonchev–Trinajstić information content (AvgIpc) is 3.09. The van der Waals surface area contributed by atoms with Crippen LogP contribution in [0.15, 0.2) is 22.5 Å². The van der Waals surface area contributed by atoms with Gasteiger partial charge < -0.3 is 20.1 Å².